The lowest BCUT2D eigenvalue weighted by Crippen LogP contribution is -2.18. The van der Waals surface area contributed by atoms with Crippen LogP contribution in [0.2, 0.25) is 0 Å². The van der Waals surface area contributed by atoms with Gasteiger partial charge in [-0.1, -0.05) is 23.8 Å². The normalized spacial score (nSPS) is 12.5. The number of carbonyl (C=O) groups excluding carboxylic acids is 1. The van der Waals surface area contributed by atoms with E-state index in [9.17, 15) is 4.79 Å². The van der Waals surface area contributed by atoms with Gasteiger partial charge in [-0.15, -0.1) is 0 Å². The van der Waals surface area contributed by atoms with Crippen molar-refractivity contribution in [2.75, 3.05) is 7.11 Å². The minimum atomic E-state index is -0.359. The molecule has 0 amide bonds. The summed E-state index contributed by atoms with van der Waals surface area (Å²) in [5.41, 5.74) is 1.81. The maximum Gasteiger partial charge on any atom is 0.191 e. The molecule has 1 aromatic carbocycles. The number of aryl methyl sites for hydroxylation is 1. The minimum absolute atomic E-state index is 0.0335. The molecule has 0 radical (unpaired) electrons. The largest absolute Gasteiger partial charge is 0.374 e. The van der Waals surface area contributed by atoms with Crippen LogP contribution < -0.4 is 0 Å². The molecule has 0 aliphatic heterocycles. The number of ether oxygens (including phenoxy) is 1. The first-order chi connectivity index (χ1) is 6.15. The molecule has 0 bridgehead atoms. The summed E-state index contributed by atoms with van der Waals surface area (Å²) in [4.78, 5) is 11.6. The van der Waals surface area contributed by atoms with Crippen LogP contribution in [-0.4, -0.2) is 19.0 Å². The standard InChI is InChI=1S/C11H14O2/c1-8-5-4-6-10(7-8)11(12)9(2)13-3/h4-7,9H,1-3H3. The molecule has 0 N–H and O–H groups in total. The molecular formula is C11H14O2. The Morgan fingerprint density at radius 3 is 2.69 bits per heavy atom. The summed E-state index contributed by atoms with van der Waals surface area (Å²) in [5, 5.41) is 0. The van der Waals surface area contributed by atoms with Crippen molar-refractivity contribution in [1.82, 2.24) is 0 Å². The molecule has 0 aromatic heterocycles. The van der Waals surface area contributed by atoms with Crippen LogP contribution in [0.5, 0.6) is 0 Å². The second-order valence-corrected chi connectivity index (χ2v) is 3.11. The number of carbonyl (C=O) groups is 1. The maximum atomic E-state index is 11.6. The van der Waals surface area contributed by atoms with Crippen LogP contribution >= 0.6 is 0 Å². The van der Waals surface area contributed by atoms with Gasteiger partial charge in [-0.25, -0.2) is 0 Å². The first-order valence-electron chi connectivity index (χ1n) is 4.29. The molecule has 0 fully saturated rings. The number of hydrogen-bond acceptors (Lipinski definition) is 2. The third kappa shape index (κ3) is 2.39. The number of hydrogen-bond donors (Lipinski definition) is 0. The van der Waals surface area contributed by atoms with Crippen LogP contribution in [0.25, 0.3) is 0 Å². The van der Waals surface area contributed by atoms with E-state index in [2.05, 4.69) is 0 Å². The molecule has 0 spiro atoms. The maximum absolute atomic E-state index is 11.6. The summed E-state index contributed by atoms with van der Waals surface area (Å²) in [6.07, 6.45) is -0.359. The lowest BCUT2D eigenvalue weighted by atomic mass is 10.1. The highest BCUT2D eigenvalue weighted by Crippen LogP contribution is 2.08. The highest BCUT2D eigenvalue weighted by atomic mass is 16.5. The van der Waals surface area contributed by atoms with Crippen molar-refractivity contribution in [3.05, 3.63) is 35.4 Å². The summed E-state index contributed by atoms with van der Waals surface area (Å²) >= 11 is 0. The highest BCUT2D eigenvalue weighted by Gasteiger charge is 2.13. The molecule has 1 aromatic rings. The first kappa shape index (κ1) is 9.93. The molecule has 0 saturated carbocycles. The third-order valence-corrected chi connectivity index (χ3v) is 2.03. The lowest BCUT2D eigenvalue weighted by Gasteiger charge is -2.08. The van der Waals surface area contributed by atoms with Gasteiger partial charge in [0.05, 0.1) is 0 Å². The van der Waals surface area contributed by atoms with Crippen LogP contribution in [0.4, 0.5) is 0 Å². The van der Waals surface area contributed by atoms with E-state index in [-0.39, 0.29) is 11.9 Å². The minimum Gasteiger partial charge on any atom is -0.374 e. The quantitative estimate of drug-likeness (QED) is 0.663. The Morgan fingerprint density at radius 1 is 1.46 bits per heavy atom. The van der Waals surface area contributed by atoms with E-state index in [1.807, 2.05) is 31.2 Å². The molecule has 70 valence electrons. The van der Waals surface area contributed by atoms with Gasteiger partial charge in [0.1, 0.15) is 6.10 Å². The van der Waals surface area contributed by atoms with Gasteiger partial charge in [0.25, 0.3) is 0 Å². The van der Waals surface area contributed by atoms with E-state index >= 15 is 0 Å². The first-order valence-corrected chi connectivity index (χ1v) is 4.29. The Kier molecular flexibility index (Phi) is 3.20. The summed E-state index contributed by atoms with van der Waals surface area (Å²) in [7, 11) is 1.54. The lowest BCUT2D eigenvalue weighted by molar-refractivity contribution is 0.0655. The fraction of sp³-hybridized carbons (Fsp3) is 0.364. The van der Waals surface area contributed by atoms with Crippen LogP contribution in [0.1, 0.15) is 22.8 Å². The molecule has 1 atom stereocenters. The summed E-state index contributed by atoms with van der Waals surface area (Å²) in [6, 6.07) is 7.53. The SMILES string of the molecule is COC(C)C(=O)c1cccc(C)c1. The van der Waals surface area contributed by atoms with Gasteiger partial charge < -0.3 is 4.74 Å². The summed E-state index contributed by atoms with van der Waals surface area (Å²) in [6.45, 7) is 3.72. The van der Waals surface area contributed by atoms with Crippen molar-refractivity contribution in [3.8, 4) is 0 Å². The Morgan fingerprint density at radius 2 is 2.15 bits per heavy atom. The van der Waals surface area contributed by atoms with Gasteiger partial charge in [0.2, 0.25) is 0 Å². The van der Waals surface area contributed by atoms with Crippen molar-refractivity contribution < 1.29 is 9.53 Å². The van der Waals surface area contributed by atoms with Crippen molar-refractivity contribution in [1.29, 1.82) is 0 Å². The summed E-state index contributed by atoms with van der Waals surface area (Å²) in [5.74, 6) is 0.0335. The van der Waals surface area contributed by atoms with Gasteiger partial charge in [-0.2, -0.15) is 0 Å². The van der Waals surface area contributed by atoms with Crippen LogP contribution in [0, 0.1) is 6.92 Å². The smallest absolute Gasteiger partial charge is 0.191 e. The molecule has 0 aliphatic rings. The molecule has 1 unspecified atom stereocenters. The van der Waals surface area contributed by atoms with Gasteiger partial charge in [-0.05, 0) is 19.9 Å². The Hall–Kier alpha value is -1.15. The second-order valence-electron chi connectivity index (χ2n) is 3.11. The second kappa shape index (κ2) is 4.19. The van der Waals surface area contributed by atoms with Crippen molar-refractivity contribution in [3.63, 3.8) is 0 Å². The molecule has 1 rings (SSSR count). The Labute approximate surface area is 78.5 Å². The Balaban J connectivity index is 2.89. The van der Waals surface area contributed by atoms with Gasteiger partial charge in [0.15, 0.2) is 5.78 Å². The monoisotopic (exact) mass is 178 g/mol. The predicted molar refractivity (Wildman–Crippen MR) is 52.0 cm³/mol. The van der Waals surface area contributed by atoms with Gasteiger partial charge in [0, 0.05) is 12.7 Å². The zero-order valence-electron chi connectivity index (χ0n) is 8.20. The molecule has 2 heteroatoms. The molecule has 0 heterocycles. The average Bonchev–Trinajstić information content (AvgIpc) is 2.15. The number of rotatable bonds is 3. The number of Topliss-reactive ketones (excluding diaryl/α,β-unsaturated/α-hetero) is 1. The number of benzene rings is 1. The summed E-state index contributed by atoms with van der Waals surface area (Å²) < 4.78 is 4.96. The Bertz CT molecular complexity index is 305. The fourth-order valence-corrected chi connectivity index (χ4v) is 1.14. The van der Waals surface area contributed by atoms with E-state index < -0.39 is 0 Å². The van der Waals surface area contributed by atoms with Crippen molar-refractivity contribution in [2.45, 2.75) is 20.0 Å². The van der Waals surface area contributed by atoms with E-state index in [0.717, 1.165) is 5.56 Å². The van der Waals surface area contributed by atoms with Crippen molar-refractivity contribution >= 4 is 5.78 Å². The van der Waals surface area contributed by atoms with E-state index in [0.29, 0.717) is 5.56 Å². The van der Waals surface area contributed by atoms with Crippen LogP contribution in [0.15, 0.2) is 24.3 Å². The van der Waals surface area contributed by atoms with Gasteiger partial charge >= 0.3 is 0 Å². The molecule has 2 nitrogen and oxygen atoms in total. The van der Waals surface area contributed by atoms with E-state index in [1.54, 1.807) is 14.0 Å². The van der Waals surface area contributed by atoms with E-state index in [1.165, 1.54) is 0 Å². The van der Waals surface area contributed by atoms with E-state index in [4.69, 9.17) is 4.74 Å². The third-order valence-electron chi connectivity index (χ3n) is 2.03. The topological polar surface area (TPSA) is 26.3 Å². The van der Waals surface area contributed by atoms with Gasteiger partial charge in [-0.3, -0.25) is 4.79 Å². The van der Waals surface area contributed by atoms with Crippen LogP contribution in [0.3, 0.4) is 0 Å². The number of methoxy groups -OCH3 is 1. The molecule has 0 saturated heterocycles. The fourth-order valence-electron chi connectivity index (χ4n) is 1.14. The predicted octanol–water partition coefficient (Wildman–Crippen LogP) is 2.21. The average molecular weight is 178 g/mol. The van der Waals surface area contributed by atoms with Crippen LogP contribution in [-0.2, 0) is 4.74 Å². The molecular weight excluding hydrogens is 164 g/mol. The highest BCUT2D eigenvalue weighted by molar-refractivity contribution is 5.99. The molecule has 13 heavy (non-hydrogen) atoms. The number of ketones is 1. The molecule has 0 aliphatic carbocycles. The zero-order chi connectivity index (χ0) is 9.84. The zero-order valence-corrected chi connectivity index (χ0v) is 8.20. The van der Waals surface area contributed by atoms with Crippen molar-refractivity contribution in [2.24, 2.45) is 0 Å².